The molecule has 0 unspecified atom stereocenters. The second-order valence-corrected chi connectivity index (χ2v) is 6.83. The van der Waals surface area contributed by atoms with E-state index < -0.39 is 0 Å². The number of nitrogens with zero attached hydrogens (tertiary/aromatic N) is 1. The number of hydrogen-bond acceptors (Lipinski definition) is 2. The van der Waals surface area contributed by atoms with E-state index in [1.807, 2.05) is 17.0 Å². The van der Waals surface area contributed by atoms with Crippen molar-refractivity contribution in [2.75, 3.05) is 23.3 Å². The zero-order valence-corrected chi connectivity index (χ0v) is 14.8. The number of rotatable bonds is 4. The Hall–Kier alpha value is -2.29. The lowest BCUT2D eigenvalue weighted by Gasteiger charge is -2.30. The first-order valence-electron chi connectivity index (χ1n) is 8.79. The van der Waals surface area contributed by atoms with Gasteiger partial charge in [0.15, 0.2) is 0 Å². The number of hydrogen-bond donors (Lipinski definition) is 1. The van der Waals surface area contributed by atoms with E-state index in [4.69, 9.17) is 0 Å². The summed E-state index contributed by atoms with van der Waals surface area (Å²) < 4.78 is 0. The molecule has 1 aliphatic heterocycles. The zero-order valence-electron chi connectivity index (χ0n) is 14.8. The van der Waals surface area contributed by atoms with E-state index in [1.165, 1.54) is 16.7 Å². The molecule has 2 aromatic carbocycles. The molecule has 0 aromatic heterocycles. The molecule has 0 saturated carbocycles. The van der Waals surface area contributed by atoms with E-state index in [1.54, 1.807) is 0 Å². The summed E-state index contributed by atoms with van der Waals surface area (Å²) in [5, 5.41) is 3.40. The molecule has 1 heterocycles. The van der Waals surface area contributed by atoms with E-state index in [0.29, 0.717) is 12.5 Å². The van der Waals surface area contributed by atoms with Crippen LogP contribution >= 0.6 is 0 Å². The second-order valence-electron chi connectivity index (χ2n) is 6.83. The molecule has 0 atom stereocenters. The van der Waals surface area contributed by atoms with Gasteiger partial charge in [0.25, 0.3) is 0 Å². The van der Waals surface area contributed by atoms with Crippen molar-refractivity contribution in [2.24, 2.45) is 0 Å². The molecular formula is C21H26N2O. The summed E-state index contributed by atoms with van der Waals surface area (Å²) in [6, 6.07) is 14.6. The predicted octanol–water partition coefficient (Wildman–Crippen LogP) is 4.51. The maximum atomic E-state index is 12.8. The van der Waals surface area contributed by atoms with E-state index in [0.717, 1.165) is 30.8 Å². The largest absolute Gasteiger partial charge is 0.376 e. The van der Waals surface area contributed by atoms with Gasteiger partial charge in [0, 0.05) is 17.9 Å². The highest BCUT2D eigenvalue weighted by Gasteiger charge is 2.22. The van der Waals surface area contributed by atoms with Crippen LogP contribution in [0.3, 0.4) is 0 Å². The fraction of sp³-hybridized carbons (Fsp3) is 0.381. The molecular weight excluding hydrogens is 296 g/mol. The normalized spacial score (nSPS) is 13.8. The van der Waals surface area contributed by atoms with Gasteiger partial charge in [-0.2, -0.15) is 0 Å². The van der Waals surface area contributed by atoms with Gasteiger partial charge in [-0.05, 0) is 48.4 Å². The number of anilines is 2. The number of para-hydroxylation sites is 2. The van der Waals surface area contributed by atoms with Gasteiger partial charge in [0.2, 0.25) is 5.91 Å². The topological polar surface area (TPSA) is 32.3 Å². The average molecular weight is 322 g/mol. The van der Waals surface area contributed by atoms with E-state index in [-0.39, 0.29) is 5.91 Å². The third-order valence-electron chi connectivity index (χ3n) is 4.75. The van der Waals surface area contributed by atoms with Crippen molar-refractivity contribution in [1.29, 1.82) is 0 Å². The van der Waals surface area contributed by atoms with Gasteiger partial charge in [0.05, 0.1) is 6.54 Å². The van der Waals surface area contributed by atoms with Gasteiger partial charge in [-0.25, -0.2) is 0 Å². The van der Waals surface area contributed by atoms with Gasteiger partial charge in [0.1, 0.15) is 0 Å². The third kappa shape index (κ3) is 3.30. The summed E-state index contributed by atoms with van der Waals surface area (Å²) in [4.78, 5) is 14.7. The molecule has 2 aromatic rings. The van der Waals surface area contributed by atoms with Crippen LogP contribution in [-0.4, -0.2) is 19.0 Å². The molecule has 24 heavy (non-hydrogen) atoms. The number of benzene rings is 2. The van der Waals surface area contributed by atoms with Crippen LogP contribution in [0.5, 0.6) is 0 Å². The van der Waals surface area contributed by atoms with Gasteiger partial charge < -0.3 is 10.2 Å². The van der Waals surface area contributed by atoms with Crippen LogP contribution in [-0.2, 0) is 11.2 Å². The van der Waals surface area contributed by atoms with Crippen molar-refractivity contribution in [2.45, 2.75) is 39.5 Å². The molecule has 1 aliphatic rings. The highest BCUT2D eigenvalue weighted by molar-refractivity contribution is 5.97. The maximum Gasteiger partial charge on any atom is 0.246 e. The summed E-state index contributed by atoms with van der Waals surface area (Å²) in [6.07, 6.45) is 2.09. The second kappa shape index (κ2) is 7.08. The SMILES string of the molecule is Cc1cccc(C(C)C)c1NCC(=O)N1CCCc2ccccc21. The molecule has 3 rings (SSSR count). The molecule has 0 fully saturated rings. The molecule has 0 radical (unpaired) electrons. The lowest BCUT2D eigenvalue weighted by atomic mass is 9.98. The third-order valence-corrected chi connectivity index (χ3v) is 4.75. The van der Waals surface area contributed by atoms with Crippen molar-refractivity contribution in [3.05, 3.63) is 59.2 Å². The Morgan fingerprint density at radius 3 is 2.75 bits per heavy atom. The van der Waals surface area contributed by atoms with Crippen molar-refractivity contribution >= 4 is 17.3 Å². The lowest BCUT2D eigenvalue weighted by Crippen LogP contribution is -2.39. The highest BCUT2D eigenvalue weighted by atomic mass is 16.2. The molecule has 1 N–H and O–H groups in total. The van der Waals surface area contributed by atoms with Crippen molar-refractivity contribution in [3.63, 3.8) is 0 Å². The molecule has 1 amide bonds. The summed E-state index contributed by atoms with van der Waals surface area (Å²) in [5.41, 5.74) is 5.90. The Kier molecular flexibility index (Phi) is 4.89. The number of carbonyl (C=O) groups is 1. The highest BCUT2D eigenvalue weighted by Crippen LogP contribution is 2.29. The monoisotopic (exact) mass is 322 g/mol. The number of fused-ring (bicyclic) bond motifs is 1. The average Bonchev–Trinajstić information content (AvgIpc) is 2.59. The minimum absolute atomic E-state index is 0.139. The summed E-state index contributed by atoms with van der Waals surface area (Å²) in [6.45, 7) is 7.60. The van der Waals surface area contributed by atoms with Crippen LogP contribution in [0.1, 0.15) is 42.9 Å². The Balaban J connectivity index is 1.76. The fourth-order valence-electron chi connectivity index (χ4n) is 3.47. The smallest absolute Gasteiger partial charge is 0.246 e. The molecule has 0 spiro atoms. The minimum Gasteiger partial charge on any atom is -0.376 e. The van der Waals surface area contributed by atoms with Crippen LogP contribution in [0, 0.1) is 6.92 Å². The first kappa shape index (κ1) is 16.6. The molecule has 0 bridgehead atoms. The van der Waals surface area contributed by atoms with E-state index in [9.17, 15) is 4.79 Å². The quantitative estimate of drug-likeness (QED) is 0.898. The predicted molar refractivity (Wildman–Crippen MR) is 101 cm³/mol. The Labute approximate surface area is 144 Å². The van der Waals surface area contributed by atoms with Gasteiger partial charge in [-0.3, -0.25) is 4.79 Å². The summed E-state index contributed by atoms with van der Waals surface area (Å²) in [7, 11) is 0. The zero-order chi connectivity index (χ0) is 17.1. The number of aryl methyl sites for hydroxylation is 2. The van der Waals surface area contributed by atoms with E-state index in [2.05, 4.69) is 56.4 Å². The number of amides is 1. The summed E-state index contributed by atoms with van der Waals surface area (Å²) in [5.74, 6) is 0.568. The van der Waals surface area contributed by atoms with Gasteiger partial charge in [-0.1, -0.05) is 50.2 Å². The van der Waals surface area contributed by atoms with Gasteiger partial charge >= 0.3 is 0 Å². The van der Waals surface area contributed by atoms with Gasteiger partial charge in [-0.15, -0.1) is 0 Å². The molecule has 126 valence electrons. The Morgan fingerprint density at radius 1 is 1.17 bits per heavy atom. The summed E-state index contributed by atoms with van der Waals surface area (Å²) >= 11 is 0. The van der Waals surface area contributed by atoms with Crippen LogP contribution in [0.4, 0.5) is 11.4 Å². The first-order valence-corrected chi connectivity index (χ1v) is 8.79. The number of nitrogens with one attached hydrogen (secondary N) is 1. The van der Waals surface area contributed by atoms with Crippen molar-refractivity contribution < 1.29 is 4.79 Å². The van der Waals surface area contributed by atoms with Crippen LogP contribution in [0.2, 0.25) is 0 Å². The molecule has 3 heteroatoms. The molecule has 3 nitrogen and oxygen atoms in total. The molecule has 0 aliphatic carbocycles. The van der Waals surface area contributed by atoms with Crippen LogP contribution in [0.25, 0.3) is 0 Å². The Morgan fingerprint density at radius 2 is 1.96 bits per heavy atom. The standard InChI is InChI=1S/C21H26N2O/c1-15(2)18-11-6-8-16(3)21(18)22-14-20(24)23-13-7-10-17-9-4-5-12-19(17)23/h4-6,8-9,11-12,15,22H,7,10,13-14H2,1-3H3. The number of carbonyl (C=O) groups excluding carboxylic acids is 1. The van der Waals surface area contributed by atoms with Crippen molar-refractivity contribution in [1.82, 2.24) is 0 Å². The fourth-order valence-corrected chi connectivity index (χ4v) is 3.47. The maximum absolute atomic E-state index is 12.8. The molecule has 0 saturated heterocycles. The minimum atomic E-state index is 0.139. The lowest BCUT2D eigenvalue weighted by molar-refractivity contribution is -0.117. The Bertz CT molecular complexity index is 736. The van der Waals surface area contributed by atoms with Crippen molar-refractivity contribution in [3.8, 4) is 0 Å². The van der Waals surface area contributed by atoms with E-state index >= 15 is 0 Å². The van der Waals surface area contributed by atoms with Crippen LogP contribution in [0.15, 0.2) is 42.5 Å². The first-order chi connectivity index (χ1) is 11.6. The van der Waals surface area contributed by atoms with Crippen LogP contribution < -0.4 is 10.2 Å².